The Morgan fingerprint density at radius 2 is 1.40 bits per heavy atom. The third-order valence-corrected chi connectivity index (χ3v) is 2.45. The van der Waals surface area contributed by atoms with E-state index in [1.807, 2.05) is 6.07 Å². The van der Waals surface area contributed by atoms with Crippen LogP contribution in [0.15, 0.2) is 0 Å². The van der Waals surface area contributed by atoms with Crippen molar-refractivity contribution in [3.8, 4) is 17.9 Å². The van der Waals surface area contributed by atoms with Crippen molar-refractivity contribution in [2.75, 3.05) is 0 Å². The Morgan fingerprint density at radius 3 is 2.00 bits per heavy atom. The van der Waals surface area contributed by atoms with E-state index >= 15 is 0 Å². The molecule has 84 valence electrons. The van der Waals surface area contributed by atoms with E-state index in [2.05, 4.69) is 18.8 Å². The van der Waals surface area contributed by atoms with Crippen molar-refractivity contribution in [1.29, 1.82) is 5.26 Å². The molecule has 0 spiro atoms. The zero-order valence-corrected chi connectivity index (χ0v) is 10.0. The van der Waals surface area contributed by atoms with Crippen molar-refractivity contribution in [3.05, 3.63) is 0 Å². The molecular formula is C14H23N. The first-order chi connectivity index (χ1) is 7.41. The second-order valence-electron chi connectivity index (χ2n) is 3.91. The lowest BCUT2D eigenvalue weighted by molar-refractivity contribution is 0.579. The predicted octanol–water partition coefficient (Wildman–Crippen LogP) is 4.43. The number of hydrogen-bond acceptors (Lipinski definition) is 1. The lowest BCUT2D eigenvalue weighted by Crippen LogP contribution is -1.80. The van der Waals surface area contributed by atoms with Gasteiger partial charge in [0, 0.05) is 6.42 Å². The molecule has 0 aliphatic rings. The molecule has 0 amide bonds. The molecule has 0 atom stereocenters. The van der Waals surface area contributed by atoms with E-state index in [1.165, 1.54) is 51.4 Å². The van der Waals surface area contributed by atoms with Gasteiger partial charge in [0.25, 0.3) is 0 Å². The van der Waals surface area contributed by atoms with Crippen molar-refractivity contribution >= 4 is 0 Å². The molecule has 0 fully saturated rings. The molecule has 15 heavy (non-hydrogen) atoms. The Labute approximate surface area is 94.9 Å². The van der Waals surface area contributed by atoms with E-state index < -0.39 is 0 Å². The van der Waals surface area contributed by atoms with Gasteiger partial charge in [-0.05, 0) is 6.42 Å². The lowest BCUT2D eigenvalue weighted by atomic mass is 10.1. The van der Waals surface area contributed by atoms with Crippen molar-refractivity contribution in [2.45, 2.75) is 71.1 Å². The van der Waals surface area contributed by atoms with Crippen LogP contribution in [0, 0.1) is 23.2 Å². The van der Waals surface area contributed by atoms with Crippen molar-refractivity contribution in [2.24, 2.45) is 0 Å². The first-order valence-electron chi connectivity index (χ1n) is 6.24. The highest BCUT2D eigenvalue weighted by molar-refractivity contribution is 5.04. The maximum Gasteiger partial charge on any atom is 0.0962 e. The Bertz CT molecular complexity index is 214. The Kier molecular flexibility index (Phi) is 12.2. The average Bonchev–Trinajstić information content (AvgIpc) is 2.26. The second-order valence-corrected chi connectivity index (χ2v) is 3.91. The zero-order chi connectivity index (χ0) is 11.2. The Balaban J connectivity index is 3.00. The van der Waals surface area contributed by atoms with Gasteiger partial charge in [0.05, 0.1) is 12.5 Å². The minimum absolute atomic E-state index is 0.386. The summed E-state index contributed by atoms with van der Waals surface area (Å²) in [5, 5.41) is 8.26. The first kappa shape index (κ1) is 14.1. The fourth-order valence-electron chi connectivity index (χ4n) is 1.54. The normalized spacial score (nSPS) is 9.07. The van der Waals surface area contributed by atoms with Crippen LogP contribution in [0.5, 0.6) is 0 Å². The van der Waals surface area contributed by atoms with Crippen molar-refractivity contribution in [1.82, 2.24) is 0 Å². The summed E-state index contributed by atoms with van der Waals surface area (Å²) in [6.07, 6.45) is 12.1. The number of unbranched alkanes of at least 4 members (excludes halogenated alkanes) is 8. The average molecular weight is 205 g/mol. The van der Waals surface area contributed by atoms with E-state index in [4.69, 9.17) is 5.26 Å². The van der Waals surface area contributed by atoms with E-state index in [-0.39, 0.29) is 0 Å². The number of nitriles is 1. The van der Waals surface area contributed by atoms with Crippen LogP contribution in [-0.2, 0) is 0 Å². The molecular weight excluding hydrogens is 182 g/mol. The summed E-state index contributed by atoms with van der Waals surface area (Å²) in [5.41, 5.74) is 0. The standard InChI is InChI=1S/C14H23N/c1-2-3-4-5-6-7-8-9-10-11-12-13-14-15/h2-10,13H2,1H3. The van der Waals surface area contributed by atoms with Gasteiger partial charge in [-0.2, -0.15) is 5.26 Å². The quantitative estimate of drug-likeness (QED) is 0.424. The van der Waals surface area contributed by atoms with Gasteiger partial charge in [-0.15, -0.1) is 5.92 Å². The van der Waals surface area contributed by atoms with Gasteiger partial charge in [-0.25, -0.2) is 0 Å². The van der Waals surface area contributed by atoms with Crippen LogP contribution in [0.3, 0.4) is 0 Å². The number of nitrogens with zero attached hydrogens (tertiary/aromatic N) is 1. The molecule has 0 aromatic carbocycles. The molecule has 0 saturated carbocycles. The largest absolute Gasteiger partial charge is 0.197 e. The molecule has 0 heterocycles. The Hall–Kier alpha value is -0.950. The van der Waals surface area contributed by atoms with Gasteiger partial charge < -0.3 is 0 Å². The highest BCUT2D eigenvalue weighted by atomic mass is 14.2. The minimum atomic E-state index is 0.386. The van der Waals surface area contributed by atoms with E-state index in [9.17, 15) is 0 Å². The van der Waals surface area contributed by atoms with Crippen LogP contribution < -0.4 is 0 Å². The lowest BCUT2D eigenvalue weighted by Gasteiger charge is -1.99. The smallest absolute Gasteiger partial charge is 0.0962 e. The molecule has 0 bridgehead atoms. The number of rotatable bonds is 8. The summed E-state index contributed by atoms with van der Waals surface area (Å²) in [6, 6.07) is 2.02. The molecule has 0 unspecified atom stereocenters. The van der Waals surface area contributed by atoms with Crippen molar-refractivity contribution < 1.29 is 0 Å². The molecule has 0 N–H and O–H groups in total. The van der Waals surface area contributed by atoms with Crippen LogP contribution >= 0.6 is 0 Å². The van der Waals surface area contributed by atoms with Gasteiger partial charge >= 0.3 is 0 Å². The van der Waals surface area contributed by atoms with Crippen LogP contribution in [0.1, 0.15) is 71.1 Å². The van der Waals surface area contributed by atoms with Crippen LogP contribution in [-0.4, -0.2) is 0 Å². The maximum atomic E-state index is 8.26. The fraction of sp³-hybridized carbons (Fsp3) is 0.786. The van der Waals surface area contributed by atoms with Gasteiger partial charge in [0.2, 0.25) is 0 Å². The van der Waals surface area contributed by atoms with Crippen molar-refractivity contribution in [3.63, 3.8) is 0 Å². The molecule has 0 aromatic rings. The van der Waals surface area contributed by atoms with E-state index in [0.29, 0.717) is 6.42 Å². The van der Waals surface area contributed by atoms with Gasteiger partial charge in [-0.3, -0.25) is 0 Å². The summed E-state index contributed by atoms with van der Waals surface area (Å²) in [5.74, 6) is 5.87. The molecule has 0 radical (unpaired) electrons. The van der Waals surface area contributed by atoms with Gasteiger partial charge in [-0.1, -0.05) is 57.8 Å². The summed E-state index contributed by atoms with van der Waals surface area (Å²) in [6.45, 7) is 2.25. The van der Waals surface area contributed by atoms with Crippen LogP contribution in [0.25, 0.3) is 0 Å². The zero-order valence-electron chi connectivity index (χ0n) is 10.0. The fourth-order valence-corrected chi connectivity index (χ4v) is 1.54. The third-order valence-electron chi connectivity index (χ3n) is 2.45. The molecule has 0 aliphatic heterocycles. The number of hydrogen-bond donors (Lipinski definition) is 0. The first-order valence-corrected chi connectivity index (χ1v) is 6.24. The van der Waals surface area contributed by atoms with Gasteiger partial charge in [0.15, 0.2) is 0 Å². The molecule has 0 aliphatic carbocycles. The Morgan fingerprint density at radius 1 is 0.800 bits per heavy atom. The van der Waals surface area contributed by atoms with Crippen LogP contribution in [0.4, 0.5) is 0 Å². The van der Waals surface area contributed by atoms with Gasteiger partial charge in [0.1, 0.15) is 0 Å². The SMILES string of the molecule is CCCCCCCCCCC#CCC#N. The highest BCUT2D eigenvalue weighted by Gasteiger charge is 1.89. The third kappa shape index (κ3) is 13.1. The summed E-state index contributed by atoms with van der Waals surface area (Å²) >= 11 is 0. The molecule has 1 heteroatoms. The van der Waals surface area contributed by atoms with E-state index in [1.54, 1.807) is 0 Å². The monoisotopic (exact) mass is 205 g/mol. The molecule has 0 aromatic heterocycles. The summed E-state index contributed by atoms with van der Waals surface area (Å²) < 4.78 is 0. The summed E-state index contributed by atoms with van der Waals surface area (Å²) in [4.78, 5) is 0. The maximum absolute atomic E-state index is 8.26. The molecule has 0 rings (SSSR count). The van der Waals surface area contributed by atoms with E-state index in [0.717, 1.165) is 6.42 Å². The highest BCUT2D eigenvalue weighted by Crippen LogP contribution is 2.08. The molecule has 0 saturated heterocycles. The minimum Gasteiger partial charge on any atom is -0.197 e. The second kappa shape index (κ2) is 13.1. The summed E-state index contributed by atoms with van der Waals surface area (Å²) in [7, 11) is 0. The molecule has 1 nitrogen and oxygen atoms in total. The predicted molar refractivity (Wildman–Crippen MR) is 65.2 cm³/mol. The van der Waals surface area contributed by atoms with Crippen LogP contribution in [0.2, 0.25) is 0 Å². The topological polar surface area (TPSA) is 23.8 Å².